The fourth-order valence-corrected chi connectivity index (χ4v) is 3.18. The lowest BCUT2D eigenvalue weighted by molar-refractivity contribution is 0.111. The first-order chi connectivity index (χ1) is 13.6. The molecule has 0 saturated heterocycles. The van der Waals surface area contributed by atoms with E-state index in [0.717, 1.165) is 47.2 Å². The van der Waals surface area contributed by atoms with E-state index in [2.05, 4.69) is 46.7 Å². The Kier molecular flexibility index (Phi) is 6.50. The second-order valence-electron chi connectivity index (χ2n) is 6.76. The van der Waals surface area contributed by atoms with Gasteiger partial charge in [-0.25, -0.2) is 0 Å². The number of rotatable bonds is 8. The molecule has 0 saturated carbocycles. The Morgan fingerprint density at radius 2 is 1.89 bits per heavy atom. The normalized spacial score (nSPS) is 10.7. The molecule has 0 bridgehead atoms. The summed E-state index contributed by atoms with van der Waals surface area (Å²) in [4.78, 5) is 11.6. The number of nitrogens with one attached hydrogen (secondary N) is 1. The maximum absolute atomic E-state index is 11.6. The molecule has 0 spiro atoms. The van der Waals surface area contributed by atoms with Crippen LogP contribution in [0.2, 0.25) is 0 Å². The predicted octanol–water partition coefficient (Wildman–Crippen LogP) is 3.76. The van der Waals surface area contributed by atoms with Crippen molar-refractivity contribution in [2.24, 2.45) is 0 Å². The highest BCUT2D eigenvalue weighted by Crippen LogP contribution is 2.30. The number of aromatic nitrogens is 2. The summed E-state index contributed by atoms with van der Waals surface area (Å²) in [5, 5.41) is 11.1. The fourth-order valence-electron chi connectivity index (χ4n) is 3.18. The Bertz CT molecular complexity index is 938. The minimum Gasteiger partial charge on any atom is -0.491 e. The average molecular weight is 375 g/mol. The maximum Gasteiger partial charge on any atom is 0.153 e. The van der Waals surface area contributed by atoms with Gasteiger partial charge in [-0.05, 0) is 67.8 Å². The Morgan fingerprint density at radius 3 is 2.54 bits per heavy atom. The predicted molar refractivity (Wildman–Crippen MR) is 111 cm³/mol. The molecular formula is C23H25N3O2. The van der Waals surface area contributed by atoms with Crippen LogP contribution >= 0.6 is 0 Å². The molecule has 0 aliphatic heterocycles. The van der Waals surface area contributed by atoms with Gasteiger partial charge in [0.1, 0.15) is 12.4 Å². The first-order valence-electron chi connectivity index (χ1n) is 9.36. The van der Waals surface area contributed by atoms with Gasteiger partial charge in [0.25, 0.3) is 0 Å². The van der Waals surface area contributed by atoms with Gasteiger partial charge in [-0.3, -0.25) is 4.79 Å². The number of carbonyl (C=O) groups excluding carboxylic acids is 1. The van der Waals surface area contributed by atoms with E-state index in [-0.39, 0.29) is 0 Å². The molecule has 5 heteroatoms. The Hall–Kier alpha value is -3.05. The number of ether oxygens (including phenoxy) is 1. The molecule has 28 heavy (non-hydrogen) atoms. The summed E-state index contributed by atoms with van der Waals surface area (Å²) in [5.74, 6) is 0.685. The molecule has 1 heterocycles. The van der Waals surface area contributed by atoms with Gasteiger partial charge in [-0.2, -0.15) is 10.2 Å². The zero-order valence-corrected chi connectivity index (χ0v) is 16.5. The van der Waals surface area contributed by atoms with Crippen LogP contribution < -0.4 is 10.1 Å². The van der Waals surface area contributed by atoms with Crippen molar-refractivity contribution in [2.45, 2.75) is 20.3 Å². The molecule has 0 unspecified atom stereocenters. The van der Waals surface area contributed by atoms with Crippen LogP contribution in [0.15, 0.2) is 48.7 Å². The van der Waals surface area contributed by atoms with Crippen LogP contribution in [0.3, 0.4) is 0 Å². The van der Waals surface area contributed by atoms with Gasteiger partial charge in [0, 0.05) is 18.3 Å². The molecule has 5 nitrogen and oxygen atoms in total. The van der Waals surface area contributed by atoms with Crippen LogP contribution in [0.1, 0.15) is 32.6 Å². The van der Waals surface area contributed by atoms with Gasteiger partial charge in [0.2, 0.25) is 0 Å². The molecule has 0 aliphatic rings. The second kappa shape index (κ2) is 9.24. The summed E-state index contributed by atoms with van der Waals surface area (Å²) in [5.41, 5.74) is 6.97. The van der Waals surface area contributed by atoms with E-state index in [9.17, 15) is 4.79 Å². The second-order valence-corrected chi connectivity index (χ2v) is 6.76. The van der Waals surface area contributed by atoms with Crippen molar-refractivity contribution in [3.8, 4) is 17.0 Å². The topological polar surface area (TPSA) is 64.1 Å². The van der Waals surface area contributed by atoms with E-state index in [1.165, 1.54) is 5.56 Å². The van der Waals surface area contributed by atoms with E-state index in [0.29, 0.717) is 17.9 Å². The molecule has 0 amide bonds. The number of hydrogen-bond donors (Lipinski definition) is 1. The van der Waals surface area contributed by atoms with E-state index in [4.69, 9.17) is 4.74 Å². The number of carbonyl (C=O) groups is 1. The highest BCUT2D eigenvalue weighted by molar-refractivity contribution is 5.81. The number of likely N-dealkylation sites (N-methyl/N-ethyl adjacent to an activating group) is 1. The molecule has 3 aromatic rings. The van der Waals surface area contributed by atoms with E-state index >= 15 is 0 Å². The highest BCUT2D eigenvalue weighted by Gasteiger charge is 2.14. The molecule has 1 aromatic heterocycles. The SMILES string of the molecule is CNCCOc1c(C=O)cc(Cc2ccc(-c3cccnn3)cc2)c(C)c1C. The molecule has 0 atom stereocenters. The number of nitrogens with zero attached hydrogens (tertiary/aromatic N) is 2. The molecule has 2 aromatic carbocycles. The van der Waals surface area contributed by atoms with Crippen molar-refractivity contribution in [2.75, 3.05) is 20.2 Å². The quantitative estimate of drug-likeness (QED) is 0.480. The van der Waals surface area contributed by atoms with Crippen LogP contribution in [0.5, 0.6) is 5.75 Å². The average Bonchev–Trinajstić information content (AvgIpc) is 2.74. The van der Waals surface area contributed by atoms with Gasteiger partial charge >= 0.3 is 0 Å². The van der Waals surface area contributed by atoms with Crippen molar-refractivity contribution < 1.29 is 9.53 Å². The van der Waals surface area contributed by atoms with Crippen molar-refractivity contribution in [3.63, 3.8) is 0 Å². The monoisotopic (exact) mass is 375 g/mol. The zero-order valence-electron chi connectivity index (χ0n) is 16.5. The molecular weight excluding hydrogens is 350 g/mol. The summed E-state index contributed by atoms with van der Waals surface area (Å²) >= 11 is 0. The Morgan fingerprint density at radius 1 is 1.11 bits per heavy atom. The van der Waals surface area contributed by atoms with E-state index in [1.54, 1.807) is 6.20 Å². The van der Waals surface area contributed by atoms with Crippen molar-refractivity contribution in [1.29, 1.82) is 0 Å². The van der Waals surface area contributed by atoms with E-state index in [1.807, 2.05) is 32.2 Å². The van der Waals surface area contributed by atoms with Crippen molar-refractivity contribution in [3.05, 3.63) is 76.5 Å². The number of benzene rings is 2. The third-order valence-corrected chi connectivity index (χ3v) is 4.92. The fraction of sp³-hybridized carbons (Fsp3) is 0.261. The van der Waals surface area contributed by atoms with Gasteiger partial charge in [-0.1, -0.05) is 24.3 Å². The van der Waals surface area contributed by atoms with Crippen LogP contribution in [-0.2, 0) is 6.42 Å². The van der Waals surface area contributed by atoms with Gasteiger partial charge in [-0.15, -0.1) is 0 Å². The third-order valence-electron chi connectivity index (χ3n) is 4.92. The van der Waals surface area contributed by atoms with Crippen molar-refractivity contribution in [1.82, 2.24) is 15.5 Å². The summed E-state index contributed by atoms with van der Waals surface area (Å²) in [7, 11) is 1.88. The zero-order chi connectivity index (χ0) is 19.9. The third kappa shape index (κ3) is 4.43. The smallest absolute Gasteiger partial charge is 0.153 e. The largest absolute Gasteiger partial charge is 0.491 e. The summed E-state index contributed by atoms with van der Waals surface area (Å²) in [6.07, 6.45) is 3.30. The lowest BCUT2D eigenvalue weighted by Gasteiger charge is -2.17. The summed E-state index contributed by atoms with van der Waals surface area (Å²) < 4.78 is 5.84. The first kappa shape index (κ1) is 19.7. The minimum absolute atomic E-state index is 0.529. The lowest BCUT2D eigenvalue weighted by atomic mass is 9.93. The maximum atomic E-state index is 11.6. The van der Waals surface area contributed by atoms with Gasteiger partial charge in [0.05, 0.1) is 11.3 Å². The van der Waals surface area contributed by atoms with Gasteiger partial charge < -0.3 is 10.1 Å². The molecule has 144 valence electrons. The van der Waals surface area contributed by atoms with Crippen molar-refractivity contribution >= 4 is 6.29 Å². The van der Waals surface area contributed by atoms with Crippen LogP contribution in [0.4, 0.5) is 0 Å². The first-order valence-corrected chi connectivity index (χ1v) is 9.36. The summed E-state index contributed by atoms with van der Waals surface area (Å²) in [6, 6.07) is 14.1. The Balaban J connectivity index is 1.84. The lowest BCUT2D eigenvalue weighted by Crippen LogP contribution is -2.17. The molecule has 0 fully saturated rings. The van der Waals surface area contributed by atoms with Crippen LogP contribution in [0, 0.1) is 13.8 Å². The highest BCUT2D eigenvalue weighted by atomic mass is 16.5. The molecule has 0 aliphatic carbocycles. The number of aldehydes is 1. The van der Waals surface area contributed by atoms with Crippen LogP contribution in [0.25, 0.3) is 11.3 Å². The standard InChI is InChI=1S/C23H25N3O2/c1-16-17(2)23(28-12-11-24-3)21(15-27)14-20(16)13-18-6-8-19(9-7-18)22-5-4-10-25-26-22/h4-10,14-15,24H,11-13H2,1-3H3. The molecule has 3 rings (SSSR count). The number of hydrogen-bond acceptors (Lipinski definition) is 5. The van der Waals surface area contributed by atoms with Gasteiger partial charge in [0.15, 0.2) is 6.29 Å². The molecule has 1 N–H and O–H groups in total. The van der Waals surface area contributed by atoms with Crippen LogP contribution in [-0.4, -0.2) is 36.7 Å². The Labute approximate surface area is 165 Å². The summed E-state index contributed by atoms with van der Waals surface area (Å²) in [6.45, 7) is 5.35. The molecule has 0 radical (unpaired) electrons. The minimum atomic E-state index is 0.529. The van der Waals surface area contributed by atoms with E-state index < -0.39 is 0 Å².